The van der Waals surface area contributed by atoms with Crippen LogP contribution < -0.4 is 10.6 Å². The molecule has 1 saturated heterocycles. The van der Waals surface area contributed by atoms with E-state index in [-0.39, 0.29) is 17.8 Å². The fourth-order valence-corrected chi connectivity index (χ4v) is 4.24. The topological polar surface area (TPSA) is 52.8 Å². The van der Waals surface area contributed by atoms with Crippen LogP contribution in [0.15, 0.2) is 67.3 Å². The number of anilines is 1. The number of carbonyl (C=O) groups is 1. The highest BCUT2D eigenvalue weighted by Gasteiger charge is 2.33. The molecule has 6 heteroatoms. The summed E-state index contributed by atoms with van der Waals surface area (Å²) in [5.74, 6) is -0.176. The van der Waals surface area contributed by atoms with Gasteiger partial charge in [0.25, 0.3) is 0 Å². The Morgan fingerprint density at radius 3 is 2.34 bits per heavy atom. The van der Waals surface area contributed by atoms with Crippen LogP contribution in [0.3, 0.4) is 0 Å². The molecule has 1 atom stereocenters. The quantitative estimate of drug-likeness (QED) is 0.635. The fraction of sp³-hybridized carbons (Fsp3) is 0.346. The Morgan fingerprint density at radius 1 is 1.12 bits per heavy atom. The number of nitrogens with two attached hydrogens (primary N) is 1. The lowest BCUT2D eigenvalue weighted by atomic mass is 10.0. The van der Waals surface area contributed by atoms with E-state index in [1.807, 2.05) is 60.0 Å². The standard InChI is InChI=1S/C26H33FN4O/c1-4-10-23(28)21-13-14-24(22(27)19-21)30-15-17-31(18-16-30)25(20-11-8-7-9-12-20)26(32)29(5-2)6-3/h4,7-14,19,25H,1,5-6,15-18,28H2,2-3H3/b23-10-. The summed E-state index contributed by atoms with van der Waals surface area (Å²) >= 11 is 0. The van der Waals surface area contributed by atoms with E-state index in [2.05, 4.69) is 11.5 Å². The van der Waals surface area contributed by atoms with Crippen molar-refractivity contribution >= 4 is 17.3 Å². The van der Waals surface area contributed by atoms with Crippen molar-refractivity contribution in [3.8, 4) is 0 Å². The van der Waals surface area contributed by atoms with Crippen LogP contribution in [0.25, 0.3) is 5.70 Å². The van der Waals surface area contributed by atoms with Crippen LogP contribution in [0.2, 0.25) is 0 Å². The van der Waals surface area contributed by atoms with Crippen molar-refractivity contribution in [2.24, 2.45) is 5.73 Å². The van der Waals surface area contributed by atoms with Gasteiger partial charge in [0.05, 0.1) is 5.69 Å². The summed E-state index contributed by atoms with van der Waals surface area (Å²) in [5.41, 5.74) is 8.63. The van der Waals surface area contributed by atoms with Crippen LogP contribution >= 0.6 is 0 Å². The maximum Gasteiger partial charge on any atom is 0.244 e. The fourth-order valence-electron chi connectivity index (χ4n) is 4.24. The number of nitrogens with zero attached hydrogens (tertiary/aromatic N) is 3. The third kappa shape index (κ3) is 5.19. The molecule has 1 fully saturated rings. The van der Waals surface area contributed by atoms with E-state index in [1.165, 1.54) is 6.07 Å². The molecule has 0 spiro atoms. The first-order valence-electron chi connectivity index (χ1n) is 11.2. The highest BCUT2D eigenvalue weighted by molar-refractivity contribution is 5.83. The van der Waals surface area contributed by atoms with Crippen LogP contribution in [-0.2, 0) is 4.79 Å². The molecule has 0 radical (unpaired) electrons. The number of benzene rings is 2. The number of amides is 1. The number of hydrogen-bond acceptors (Lipinski definition) is 4. The summed E-state index contributed by atoms with van der Waals surface area (Å²) in [7, 11) is 0. The van der Waals surface area contributed by atoms with Crippen molar-refractivity contribution in [1.82, 2.24) is 9.80 Å². The van der Waals surface area contributed by atoms with E-state index < -0.39 is 0 Å². The second-order valence-electron chi connectivity index (χ2n) is 7.87. The third-order valence-electron chi connectivity index (χ3n) is 6.02. The van der Waals surface area contributed by atoms with E-state index >= 15 is 0 Å². The average Bonchev–Trinajstić information content (AvgIpc) is 2.81. The van der Waals surface area contributed by atoms with Crippen LogP contribution in [-0.4, -0.2) is 55.0 Å². The lowest BCUT2D eigenvalue weighted by Crippen LogP contribution is -2.52. The lowest BCUT2D eigenvalue weighted by Gasteiger charge is -2.41. The van der Waals surface area contributed by atoms with Crippen LogP contribution in [0.5, 0.6) is 0 Å². The predicted octanol–water partition coefficient (Wildman–Crippen LogP) is 4.04. The van der Waals surface area contributed by atoms with Gasteiger partial charge in [-0.05, 0) is 37.6 Å². The van der Waals surface area contributed by atoms with Crippen molar-refractivity contribution < 1.29 is 9.18 Å². The zero-order valence-electron chi connectivity index (χ0n) is 19.0. The number of allylic oxidation sites excluding steroid dienone is 2. The smallest absolute Gasteiger partial charge is 0.244 e. The minimum Gasteiger partial charge on any atom is -0.398 e. The van der Waals surface area contributed by atoms with Crippen molar-refractivity contribution in [3.63, 3.8) is 0 Å². The third-order valence-corrected chi connectivity index (χ3v) is 6.02. The number of rotatable bonds is 8. The van der Waals surface area contributed by atoms with Gasteiger partial charge in [0.15, 0.2) is 0 Å². The predicted molar refractivity (Wildman–Crippen MR) is 130 cm³/mol. The summed E-state index contributed by atoms with van der Waals surface area (Å²) in [4.78, 5) is 19.5. The Bertz CT molecular complexity index is 948. The molecule has 1 aliphatic rings. The molecule has 0 saturated carbocycles. The van der Waals surface area contributed by atoms with Gasteiger partial charge in [0.2, 0.25) is 5.91 Å². The number of carbonyl (C=O) groups excluding carboxylic acids is 1. The maximum atomic E-state index is 14.9. The van der Waals surface area contributed by atoms with Gasteiger partial charge in [0, 0.05) is 50.5 Å². The Hall–Kier alpha value is -3.12. The Morgan fingerprint density at radius 2 is 1.78 bits per heavy atom. The molecule has 1 heterocycles. The SMILES string of the molecule is C=C/C=C(\N)c1ccc(N2CCN(C(C(=O)N(CC)CC)c3ccccc3)CC2)c(F)c1. The molecule has 32 heavy (non-hydrogen) atoms. The molecule has 3 rings (SSSR count). The summed E-state index contributed by atoms with van der Waals surface area (Å²) in [6.07, 6.45) is 3.24. The largest absolute Gasteiger partial charge is 0.398 e. The number of hydrogen-bond donors (Lipinski definition) is 1. The molecule has 170 valence electrons. The first kappa shape index (κ1) is 23.5. The second-order valence-corrected chi connectivity index (χ2v) is 7.87. The summed E-state index contributed by atoms with van der Waals surface area (Å²) in [5, 5.41) is 0. The van der Waals surface area contributed by atoms with Gasteiger partial charge >= 0.3 is 0 Å². The van der Waals surface area contributed by atoms with Crippen LogP contribution in [0.1, 0.15) is 31.0 Å². The molecule has 0 bridgehead atoms. The molecule has 5 nitrogen and oxygen atoms in total. The zero-order chi connectivity index (χ0) is 23.1. The summed E-state index contributed by atoms with van der Waals surface area (Å²) < 4.78 is 14.9. The summed E-state index contributed by atoms with van der Waals surface area (Å²) in [6, 6.07) is 14.7. The normalized spacial score (nSPS) is 16.0. The van der Waals surface area contributed by atoms with Crippen molar-refractivity contribution in [3.05, 3.63) is 84.2 Å². The van der Waals surface area contributed by atoms with E-state index in [0.29, 0.717) is 56.2 Å². The van der Waals surface area contributed by atoms with E-state index in [9.17, 15) is 9.18 Å². The first-order chi connectivity index (χ1) is 15.5. The molecule has 1 amide bonds. The van der Waals surface area contributed by atoms with Gasteiger partial charge in [-0.25, -0.2) is 4.39 Å². The molecule has 2 aromatic rings. The Balaban J connectivity index is 1.77. The minimum absolute atomic E-state index is 0.120. The molecule has 2 N–H and O–H groups in total. The van der Waals surface area contributed by atoms with Crippen LogP contribution in [0, 0.1) is 5.82 Å². The Kier molecular flexibility index (Phi) is 8.06. The Labute approximate surface area is 190 Å². The van der Waals surface area contributed by atoms with Gasteiger partial charge in [-0.3, -0.25) is 9.69 Å². The zero-order valence-corrected chi connectivity index (χ0v) is 19.0. The van der Waals surface area contributed by atoms with E-state index in [1.54, 1.807) is 18.2 Å². The molecular weight excluding hydrogens is 403 g/mol. The number of halogens is 1. The number of likely N-dealkylation sites (N-methyl/N-ethyl adjacent to an activating group) is 1. The molecule has 0 aromatic heterocycles. The van der Waals surface area contributed by atoms with Gasteiger partial charge in [-0.1, -0.05) is 49.1 Å². The highest BCUT2D eigenvalue weighted by Crippen LogP contribution is 2.28. The maximum absolute atomic E-state index is 14.9. The molecule has 1 unspecified atom stereocenters. The monoisotopic (exact) mass is 436 g/mol. The first-order valence-corrected chi connectivity index (χ1v) is 11.2. The number of piperazine rings is 1. The molecule has 2 aromatic carbocycles. The average molecular weight is 437 g/mol. The van der Waals surface area contributed by atoms with Gasteiger partial charge in [-0.15, -0.1) is 0 Å². The molecular formula is C26H33FN4O. The minimum atomic E-state index is -0.325. The van der Waals surface area contributed by atoms with Crippen molar-refractivity contribution in [2.75, 3.05) is 44.2 Å². The van der Waals surface area contributed by atoms with Gasteiger partial charge in [0.1, 0.15) is 11.9 Å². The van der Waals surface area contributed by atoms with Crippen molar-refractivity contribution in [2.45, 2.75) is 19.9 Å². The molecule has 1 aliphatic heterocycles. The van der Waals surface area contributed by atoms with Gasteiger partial charge < -0.3 is 15.5 Å². The highest BCUT2D eigenvalue weighted by atomic mass is 19.1. The van der Waals surface area contributed by atoms with Gasteiger partial charge in [-0.2, -0.15) is 0 Å². The van der Waals surface area contributed by atoms with E-state index in [4.69, 9.17) is 5.73 Å². The molecule has 0 aliphatic carbocycles. The lowest BCUT2D eigenvalue weighted by molar-refractivity contribution is -0.137. The second kappa shape index (κ2) is 11.0. The van der Waals surface area contributed by atoms with Crippen LogP contribution in [0.4, 0.5) is 10.1 Å². The van der Waals surface area contributed by atoms with Crippen molar-refractivity contribution in [1.29, 1.82) is 0 Å². The van der Waals surface area contributed by atoms with E-state index in [0.717, 1.165) is 5.56 Å². The summed E-state index contributed by atoms with van der Waals surface area (Å²) in [6.45, 7) is 11.6.